The number of carbonyl (C=O) groups is 1. The molecule has 0 heterocycles. The Kier molecular flexibility index (Phi) is 8.67. The van der Waals surface area contributed by atoms with Gasteiger partial charge in [0.15, 0.2) is 0 Å². The highest BCUT2D eigenvalue weighted by Gasteiger charge is 2.39. The molecule has 0 atom stereocenters. The molecule has 6 heteroatoms. The van der Waals surface area contributed by atoms with E-state index in [0.717, 1.165) is 27.3 Å². The summed E-state index contributed by atoms with van der Waals surface area (Å²) in [5.41, 5.74) is 2.67. The van der Waals surface area contributed by atoms with Gasteiger partial charge >= 0.3 is 5.97 Å². The van der Waals surface area contributed by atoms with Crippen molar-refractivity contribution in [1.29, 1.82) is 0 Å². The van der Waals surface area contributed by atoms with Crippen LogP contribution in [0.3, 0.4) is 0 Å². The van der Waals surface area contributed by atoms with E-state index in [-0.39, 0.29) is 0 Å². The van der Waals surface area contributed by atoms with Gasteiger partial charge in [-0.2, -0.15) is 0 Å². The molecule has 188 valence electrons. The zero-order chi connectivity index (χ0) is 26.1. The highest BCUT2D eigenvalue weighted by Crippen LogP contribution is 2.44. The summed E-state index contributed by atoms with van der Waals surface area (Å²) in [4.78, 5) is 11.8. The zero-order valence-electron chi connectivity index (χ0n) is 20.4. The van der Waals surface area contributed by atoms with Crippen LogP contribution < -0.4 is 4.74 Å². The van der Waals surface area contributed by atoms with Crippen LogP contribution in [0.5, 0.6) is 5.75 Å². The Morgan fingerprint density at radius 2 is 1.38 bits per heavy atom. The predicted molar refractivity (Wildman–Crippen MR) is 147 cm³/mol. The van der Waals surface area contributed by atoms with Crippen molar-refractivity contribution >= 4 is 23.8 Å². The molecule has 4 aromatic carbocycles. The Hall–Kier alpha value is -4.00. The molecule has 0 aromatic heterocycles. The lowest BCUT2D eigenvalue weighted by atomic mass is 9.79. The minimum Gasteiger partial charge on any atom is -0.502 e. The Morgan fingerprint density at radius 1 is 0.811 bits per heavy atom. The number of aliphatic hydroxyl groups is 1. The van der Waals surface area contributed by atoms with Crippen LogP contribution in [0.2, 0.25) is 0 Å². The minimum absolute atomic E-state index is 0.452. The molecule has 5 nitrogen and oxygen atoms in total. The molecule has 4 rings (SSSR count). The van der Waals surface area contributed by atoms with E-state index in [1.165, 1.54) is 6.08 Å². The fraction of sp³-hybridized carbons (Fsp3) is 0.129. The number of ether oxygens (including phenoxy) is 2. The van der Waals surface area contributed by atoms with E-state index in [1.807, 2.05) is 72.8 Å². The van der Waals surface area contributed by atoms with Crippen LogP contribution in [0.15, 0.2) is 120 Å². The van der Waals surface area contributed by atoms with Gasteiger partial charge in [-0.3, -0.25) is 0 Å². The molecule has 0 unspecified atom stereocenters. The standard InChI is InChI=1S/C31H28O5S/c1-35-29-15-9-8-14-27(29)31(24-10-4-2-5-11-24,25-12-6-3-7-13-25)36-20-21-37-26-18-16-23(17-19-26)22-28(32)30(33)34/h2-19,22,32H,20-21H2,1H3,(H,33,34). The second kappa shape index (κ2) is 12.3. The smallest absolute Gasteiger partial charge is 0.370 e. The van der Waals surface area contributed by atoms with Crippen molar-refractivity contribution < 1.29 is 24.5 Å². The summed E-state index contributed by atoms with van der Waals surface area (Å²) in [6.45, 7) is 0.452. The number of aliphatic carboxylic acids is 1. The van der Waals surface area contributed by atoms with Crippen LogP contribution in [0, 0.1) is 0 Å². The van der Waals surface area contributed by atoms with Crippen molar-refractivity contribution in [2.45, 2.75) is 10.5 Å². The number of aliphatic hydroxyl groups excluding tert-OH is 1. The number of carboxylic acid groups (broad SMARTS) is 1. The van der Waals surface area contributed by atoms with Crippen molar-refractivity contribution in [2.24, 2.45) is 0 Å². The summed E-state index contributed by atoms with van der Waals surface area (Å²) in [7, 11) is 1.67. The van der Waals surface area contributed by atoms with Crippen LogP contribution in [-0.2, 0) is 15.1 Å². The second-order valence-corrected chi connectivity index (χ2v) is 9.38. The molecule has 2 N–H and O–H groups in total. The van der Waals surface area contributed by atoms with Gasteiger partial charge in [0.25, 0.3) is 0 Å². The summed E-state index contributed by atoms with van der Waals surface area (Å²) in [5, 5.41) is 18.3. The molecule has 0 aliphatic heterocycles. The summed E-state index contributed by atoms with van der Waals surface area (Å²) in [6.07, 6.45) is 1.22. The lowest BCUT2D eigenvalue weighted by molar-refractivity contribution is -0.135. The van der Waals surface area contributed by atoms with Gasteiger partial charge in [-0.1, -0.05) is 91.0 Å². The van der Waals surface area contributed by atoms with Crippen LogP contribution in [-0.4, -0.2) is 35.7 Å². The van der Waals surface area contributed by atoms with E-state index in [1.54, 1.807) is 31.0 Å². The number of hydrogen-bond donors (Lipinski definition) is 2. The van der Waals surface area contributed by atoms with E-state index in [0.29, 0.717) is 17.9 Å². The molecule has 4 aromatic rings. The number of rotatable bonds is 11. The second-order valence-electron chi connectivity index (χ2n) is 8.21. The van der Waals surface area contributed by atoms with Gasteiger partial charge in [-0.25, -0.2) is 4.79 Å². The Labute approximate surface area is 221 Å². The molecule has 37 heavy (non-hydrogen) atoms. The van der Waals surface area contributed by atoms with Crippen molar-refractivity contribution in [2.75, 3.05) is 19.5 Å². The number of methoxy groups -OCH3 is 1. The Balaban J connectivity index is 1.61. The summed E-state index contributed by atoms with van der Waals surface area (Å²) in [6, 6.07) is 35.6. The molecular formula is C31H28O5S. The first kappa shape index (κ1) is 26.1. The van der Waals surface area contributed by atoms with Crippen molar-refractivity contribution in [3.63, 3.8) is 0 Å². The molecule has 0 saturated heterocycles. The third kappa shape index (κ3) is 6.05. The van der Waals surface area contributed by atoms with E-state index >= 15 is 0 Å². The highest BCUT2D eigenvalue weighted by atomic mass is 32.2. The molecule has 0 saturated carbocycles. The predicted octanol–water partition coefficient (Wildman–Crippen LogP) is 6.78. The number of benzene rings is 4. The van der Waals surface area contributed by atoms with Crippen molar-refractivity contribution in [3.05, 3.63) is 137 Å². The highest BCUT2D eigenvalue weighted by molar-refractivity contribution is 7.99. The van der Waals surface area contributed by atoms with Gasteiger partial charge in [0.05, 0.1) is 13.7 Å². The molecule has 0 amide bonds. The van der Waals surface area contributed by atoms with Crippen LogP contribution in [0.1, 0.15) is 22.3 Å². The molecule has 0 aliphatic rings. The lowest BCUT2D eigenvalue weighted by Gasteiger charge is -2.36. The number of para-hydroxylation sites is 1. The van der Waals surface area contributed by atoms with Crippen LogP contribution in [0.25, 0.3) is 6.08 Å². The minimum atomic E-state index is -1.36. The van der Waals surface area contributed by atoms with Gasteiger partial charge in [0.2, 0.25) is 5.76 Å². The van der Waals surface area contributed by atoms with E-state index in [4.69, 9.17) is 14.6 Å². The quantitative estimate of drug-likeness (QED) is 0.0759. The maximum absolute atomic E-state index is 10.8. The first-order chi connectivity index (χ1) is 18.0. The van der Waals surface area contributed by atoms with Crippen molar-refractivity contribution in [1.82, 2.24) is 0 Å². The molecule has 0 bridgehead atoms. The van der Waals surface area contributed by atoms with Crippen molar-refractivity contribution in [3.8, 4) is 5.75 Å². The number of hydrogen-bond acceptors (Lipinski definition) is 5. The average molecular weight is 513 g/mol. The molecule has 0 spiro atoms. The normalized spacial score (nSPS) is 11.8. The molecule has 0 fully saturated rings. The van der Waals surface area contributed by atoms with E-state index in [9.17, 15) is 9.90 Å². The Bertz CT molecular complexity index is 1300. The fourth-order valence-corrected chi connectivity index (χ4v) is 4.97. The first-order valence-corrected chi connectivity index (χ1v) is 12.8. The largest absolute Gasteiger partial charge is 0.502 e. The topological polar surface area (TPSA) is 76.0 Å². The maximum atomic E-state index is 10.8. The maximum Gasteiger partial charge on any atom is 0.370 e. The van der Waals surface area contributed by atoms with Crippen LogP contribution >= 0.6 is 11.8 Å². The van der Waals surface area contributed by atoms with Gasteiger partial charge in [-0.05, 0) is 41.0 Å². The molecule has 0 radical (unpaired) electrons. The molecule has 0 aliphatic carbocycles. The number of thioether (sulfide) groups is 1. The molecular weight excluding hydrogens is 484 g/mol. The van der Waals surface area contributed by atoms with Gasteiger partial charge in [-0.15, -0.1) is 11.8 Å². The summed E-state index contributed by atoms with van der Waals surface area (Å²) < 4.78 is 12.6. The van der Waals surface area contributed by atoms with Gasteiger partial charge in [0, 0.05) is 16.2 Å². The monoisotopic (exact) mass is 512 g/mol. The van der Waals surface area contributed by atoms with Gasteiger partial charge in [0.1, 0.15) is 11.4 Å². The zero-order valence-corrected chi connectivity index (χ0v) is 21.2. The van der Waals surface area contributed by atoms with Crippen LogP contribution in [0.4, 0.5) is 0 Å². The summed E-state index contributed by atoms with van der Waals surface area (Å²) in [5.74, 6) is -0.614. The number of carboxylic acids is 1. The lowest BCUT2D eigenvalue weighted by Crippen LogP contribution is -2.34. The average Bonchev–Trinajstić information content (AvgIpc) is 2.95. The van der Waals surface area contributed by atoms with E-state index < -0.39 is 17.3 Å². The summed E-state index contributed by atoms with van der Waals surface area (Å²) >= 11 is 1.63. The van der Waals surface area contributed by atoms with Gasteiger partial charge < -0.3 is 19.7 Å². The third-order valence-corrected chi connectivity index (χ3v) is 6.90. The SMILES string of the molecule is COc1ccccc1C(OCCSc1ccc(C=C(O)C(=O)O)cc1)(c1ccccc1)c1ccccc1. The Morgan fingerprint density at radius 3 is 1.95 bits per heavy atom. The fourth-order valence-electron chi connectivity index (χ4n) is 4.24. The first-order valence-electron chi connectivity index (χ1n) is 11.8. The third-order valence-electron chi connectivity index (χ3n) is 5.92. The van der Waals surface area contributed by atoms with E-state index in [2.05, 4.69) is 24.3 Å².